The second kappa shape index (κ2) is 3.89. The van der Waals surface area contributed by atoms with Crippen LogP contribution in [0.4, 0.5) is 0 Å². The molecule has 0 aromatic rings. The van der Waals surface area contributed by atoms with Gasteiger partial charge < -0.3 is 10.2 Å². The van der Waals surface area contributed by atoms with Crippen molar-refractivity contribution in [2.24, 2.45) is 11.8 Å². The van der Waals surface area contributed by atoms with E-state index in [1.54, 1.807) is 0 Å². The van der Waals surface area contributed by atoms with Gasteiger partial charge >= 0.3 is 0 Å². The van der Waals surface area contributed by atoms with Crippen LogP contribution >= 0.6 is 0 Å². The van der Waals surface area contributed by atoms with Crippen molar-refractivity contribution in [3.63, 3.8) is 0 Å². The van der Waals surface area contributed by atoms with E-state index in [2.05, 4.69) is 19.2 Å². The lowest BCUT2D eigenvalue weighted by Gasteiger charge is -2.22. The Morgan fingerprint density at radius 3 is 2.64 bits per heavy atom. The van der Waals surface area contributed by atoms with Crippen LogP contribution in [-0.4, -0.2) is 36.5 Å². The molecule has 2 saturated heterocycles. The first-order valence-electron chi connectivity index (χ1n) is 5.70. The number of hydrogen-bond acceptors (Lipinski definition) is 2. The maximum absolute atomic E-state index is 12.1. The van der Waals surface area contributed by atoms with Gasteiger partial charge in [-0.2, -0.15) is 0 Å². The van der Waals surface area contributed by atoms with Gasteiger partial charge in [-0.15, -0.1) is 0 Å². The number of hydrogen-bond donors (Lipinski definition) is 1. The first-order valence-corrected chi connectivity index (χ1v) is 5.70. The van der Waals surface area contributed by atoms with Crippen LogP contribution in [0, 0.1) is 11.8 Å². The van der Waals surface area contributed by atoms with Crippen LogP contribution in [0.5, 0.6) is 0 Å². The first kappa shape index (κ1) is 9.97. The molecule has 0 aromatic heterocycles. The summed E-state index contributed by atoms with van der Waals surface area (Å²) in [6, 6.07) is 0.0975. The second-order valence-electron chi connectivity index (χ2n) is 4.88. The second-order valence-corrected chi connectivity index (χ2v) is 4.88. The van der Waals surface area contributed by atoms with Gasteiger partial charge in [0.2, 0.25) is 5.91 Å². The minimum absolute atomic E-state index is 0.0975. The summed E-state index contributed by atoms with van der Waals surface area (Å²) in [6.07, 6.45) is 2.31. The highest BCUT2D eigenvalue weighted by atomic mass is 16.2. The molecule has 1 N–H and O–H groups in total. The van der Waals surface area contributed by atoms with Crippen molar-refractivity contribution in [3.8, 4) is 0 Å². The molecule has 0 bridgehead atoms. The number of likely N-dealkylation sites (tertiary alicyclic amines) is 1. The Morgan fingerprint density at radius 1 is 1.36 bits per heavy atom. The van der Waals surface area contributed by atoms with Crippen LogP contribution in [0.25, 0.3) is 0 Å². The first-order chi connectivity index (χ1) is 6.68. The van der Waals surface area contributed by atoms with Crippen LogP contribution in [0.2, 0.25) is 0 Å². The molecule has 0 aliphatic carbocycles. The molecule has 3 unspecified atom stereocenters. The molecular weight excluding hydrogens is 176 g/mol. The van der Waals surface area contributed by atoms with Gasteiger partial charge in [-0.05, 0) is 31.2 Å². The lowest BCUT2D eigenvalue weighted by molar-refractivity contribution is -0.132. The third kappa shape index (κ3) is 1.78. The minimum atomic E-state index is 0.0975. The molecule has 0 spiro atoms. The summed E-state index contributed by atoms with van der Waals surface area (Å²) in [6.45, 7) is 7.32. The highest BCUT2D eigenvalue weighted by Gasteiger charge is 2.34. The van der Waals surface area contributed by atoms with Crippen molar-refractivity contribution in [2.45, 2.75) is 32.7 Å². The molecule has 2 fully saturated rings. The SMILES string of the molecule is CC1CCN(C(=O)C2NCCC2C)C1. The van der Waals surface area contributed by atoms with Crippen LogP contribution < -0.4 is 5.32 Å². The molecular formula is C11H20N2O. The van der Waals surface area contributed by atoms with Crippen LogP contribution in [0.3, 0.4) is 0 Å². The van der Waals surface area contributed by atoms with Crippen LogP contribution in [0.1, 0.15) is 26.7 Å². The molecule has 2 rings (SSSR count). The number of carbonyl (C=O) groups is 1. The van der Waals surface area contributed by atoms with E-state index in [-0.39, 0.29) is 6.04 Å². The Kier molecular flexibility index (Phi) is 2.77. The number of nitrogens with zero attached hydrogens (tertiary/aromatic N) is 1. The van der Waals surface area contributed by atoms with E-state index in [1.807, 2.05) is 4.90 Å². The van der Waals surface area contributed by atoms with E-state index in [1.165, 1.54) is 6.42 Å². The largest absolute Gasteiger partial charge is 0.341 e. The molecule has 0 radical (unpaired) electrons. The monoisotopic (exact) mass is 196 g/mol. The lowest BCUT2D eigenvalue weighted by Crippen LogP contribution is -2.44. The molecule has 1 amide bonds. The summed E-state index contributed by atoms with van der Waals surface area (Å²) in [4.78, 5) is 14.1. The van der Waals surface area contributed by atoms with Crippen molar-refractivity contribution in [1.82, 2.24) is 10.2 Å². The van der Waals surface area contributed by atoms with Gasteiger partial charge in [0.1, 0.15) is 0 Å². The van der Waals surface area contributed by atoms with Gasteiger partial charge in [0, 0.05) is 13.1 Å². The summed E-state index contributed by atoms with van der Waals surface area (Å²) in [5, 5.41) is 3.31. The molecule has 0 aromatic carbocycles. The minimum Gasteiger partial charge on any atom is -0.341 e. The Balaban J connectivity index is 1.94. The van der Waals surface area contributed by atoms with Crippen molar-refractivity contribution >= 4 is 5.91 Å². The zero-order valence-electron chi connectivity index (χ0n) is 9.12. The third-order valence-corrected chi connectivity index (χ3v) is 3.53. The topological polar surface area (TPSA) is 32.3 Å². The Morgan fingerprint density at radius 2 is 2.14 bits per heavy atom. The number of nitrogens with one attached hydrogen (secondary N) is 1. The van der Waals surface area contributed by atoms with Gasteiger partial charge in [-0.1, -0.05) is 13.8 Å². The van der Waals surface area contributed by atoms with Gasteiger partial charge in [-0.3, -0.25) is 4.79 Å². The molecule has 0 saturated carbocycles. The maximum atomic E-state index is 12.1. The lowest BCUT2D eigenvalue weighted by atomic mass is 10.0. The van der Waals surface area contributed by atoms with Crippen molar-refractivity contribution < 1.29 is 4.79 Å². The molecule has 2 aliphatic rings. The normalized spacial score (nSPS) is 37.9. The summed E-state index contributed by atoms with van der Waals surface area (Å²) in [7, 11) is 0. The highest BCUT2D eigenvalue weighted by Crippen LogP contribution is 2.21. The van der Waals surface area contributed by atoms with Crippen molar-refractivity contribution in [2.75, 3.05) is 19.6 Å². The van der Waals surface area contributed by atoms with E-state index < -0.39 is 0 Å². The summed E-state index contributed by atoms with van der Waals surface area (Å²) >= 11 is 0. The van der Waals surface area contributed by atoms with E-state index in [0.29, 0.717) is 17.7 Å². The molecule has 2 heterocycles. The van der Waals surface area contributed by atoms with Crippen molar-refractivity contribution in [3.05, 3.63) is 0 Å². The van der Waals surface area contributed by atoms with Crippen LogP contribution in [-0.2, 0) is 4.79 Å². The fraction of sp³-hybridized carbons (Fsp3) is 0.909. The standard InChI is InChI=1S/C11H20N2O/c1-8-4-6-13(7-8)11(14)10-9(2)3-5-12-10/h8-10,12H,3-7H2,1-2H3. The van der Waals surface area contributed by atoms with E-state index in [9.17, 15) is 4.79 Å². The molecule has 3 heteroatoms. The zero-order valence-corrected chi connectivity index (χ0v) is 9.12. The van der Waals surface area contributed by atoms with Crippen molar-refractivity contribution in [1.29, 1.82) is 0 Å². The Hall–Kier alpha value is -0.570. The Bertz CT molecular complexity index is 229. The average molecular weight is 196 g/mol. The third-order valence-electron chi connectivity index (χ3n) is 3.53. The predicted molar refractivity (Wildman–Crippen MR) is 55.9 cm³/mol. The van der Waals surface area contributed by atoms with E-state index in [4.69, 9.17) is 0 Å². The Labute approximate surface area is 85.8 Å². The maximum Gasteiger partial charge on any atom is 0.239 e. The fourth-order valence-corrected chi connectivity index (χ4v) is 2.50. The molecule has 3 nitrogen and oxygen atoms in total. The van der Waals surface area contributed by atoms with E-state index in [0.717, 1.165) is 26.1 Å². The smallest absolute Gasteiger partial charge is 0.239 e. The van der Waals surface area contributed by atoms with E-state index >= 15 is 0 Å². The summed E-state index contributed by atoms with van der Waals surface area (Å²) in [5.41, 5.74) is 0. The van der Waals surface area contributed by atoms with Gasteiger partial charge in [0.05, 0.1) is 6.04 Å². The molecule has 2 aliphatic heterocycles. The van der Waals surface area contributed by atoms with Gasteiger partial charge in [-0.25, -0.2) is 0 Å². The number of carbonyl (C=O) groups excluding carboxylic acids is 1. The summed E-state index contributed by atoms with van der Waals surface area (Å²) in [5.74, 6) is 1.54. The number of amides is 1. The predicted octanol–water partition coefficient (Wildman–Crippen LogP) is 0.853. The quantitative estimate of drug-likeness (QED) is 0.674. The average Bonchev–Trinajstić information content (AvgIpc) is 2.73. The number of rotatable bonds is 1. The zero-order chi connectivity index (χ0) is 10.1. The summed E-state index contributed by atoms with van der Waals surface area (Å²) < 4.78 is 0. The molecule has 80 valence electrons. The molecule has 14 heavy (non-hydrogen) atoms. The van der Waals surface area contributed by atoms with Gasteiger partial charge in [0.25, 0.3) is 0 Å². The van der Waals surface area contributed by atoms with Gasteiger partial charge in [0.15, 0.2) is 0 Å². The molecule has 3 atom stereocenters. The highest BCUT2D eigenvalue weighted by molar-refractivity contribution is 5.82. The fourth-order valence-electron chi connectivity index (χ4n) is 2.50. The van der Waals surface area contributed by atoms with Crippen LogP contribution in [0.15, 0.2) is 0 Å².